The highest BCUT2D eigenvalue weighted by Gasteiger charge is 2.30. The number of rotatable bonds is 11. The number of ether oxygens (including phenoxy) is 1. The van der Waals surface area contributed by atoms with Gasteiger partial charge in [0.1, 0.15) is 6.61 Å². The first-order valence-electron chi connectivity index (χ1n) is 10.8. The second-order valence-corrected chi connectivity index (χ2v) is 8.50. The van der Waals surface area contributed by atoms with Crippen molar-refractivity contribution in [1.29, 1.82) is 0 Å². The van der Waals surface area contributed by atoms with Gasteiger partial charge in [-0.15, -0.1) is 0 Å². The fraction of sp³-hybridized carbons (Fsp3) is 0.292. The van der Waals surface area contributed by atoms with Gasteiger partial charge in [0.25, 0.3) is 5.56 Å². The number of carbonyl (C=O) groups excluding carboxylic acids is 2. The average molecular weight is 543 g/mol. The number of hydrogen-bond acceptors (Lipinski definition) is 6. The number of halogens is 5. The third kappa shape index (κ3) is 6.13. The Balaban J connectivity index is 1.84. The summed E-state index contributed by atoms with van der Waals surface area (Å²) in [4.78, 5) is 54.1. The van der Waals surface area contributed by atoms with Crippen LogP contribution in [0.15, 0.2) is 35.4 Å². The van der Waals surface area contributed by atoms with E-state index in [2.05, 4.69) is 9.72 Å². The van der Waals surface area contributed by atoms with E-state index >= 15 is 0 Å². The van der Waals surface area contributed by atoms with E-state index in [0.29, 0.717) is 5.52 Å². The molecule has 0 amide bonds. The third-order valence-electron chi connectivity index (χ3n) is 5.59. The second kappa shape index (κ2) is 11.5. The van der Waals surface area contributed by atoms with Gasteiger partial charge in [0, 0.05) is 23.4 Å². The zero-order valence-electron chi connectivity index (χ0n) is 19.1. The number of carboxylic acid groups (broad SMARTS) is 1. The lowest BCUT2D eigenvalue weighted by Gasteiger charge is -2.20. The van der Waals surface area contributed by atoms with Crippen molar-refractivity contribution in [2.24, 2.45) is 5.92 Å². The third-order valence-corrected chi connectivity index (χ3v) is 5.83. The Bertz CT molecular complexity index is 1420. The Hall–Kier alpha value is -3.80. The van der Waals surface area contributed by atoms with E-state index < -0.39 is 83.5 Å². The molecule has 0 spiro atoms. The minimum atomic E-state index is -1.88. The fourth-order valence-electron chi connectivity index (χ4n) is 3.74. The summed E-state index contributed by atoms with van der Waals surface area (Å²) in [6, 6.07) is 3.25. The van der Waals surface area contributed by atoms with Gasteiger partial charge in [-0.3, -0.25) is 23.7 Å². The van der Waals surface area contributed by atoms with Crippen LogP contribution in [0.4, 0.5) is 17.6 Å². The number of carboxylic acids is 1. The van der Waals surface area contributed by atoms with Crippen LogP contribution in [0.3, 0.4) is 0 Å². The van der Waals surface area contributed by atoms with Crippen molar-refractivity contribution >= 4 is 40.0 Å². The minimum Gasteiger partial charge on any atom is -0.481 e. The number of hydrogen-bond donors (Lipinski definition) is 1. The van der Waals surface area contributed by atoms with Gasteiger partial charge in [0.05, 0.1) is 29.7 Å². The number of aromatic nitrogens is 2. The van der Waals surface area contributed by atoms with Crippen molar-refractivity contribution in [1.82, 2.24) is 9.55 Å². The van der Waals surface area contributed by atoms with Crippen LogP contribution >= 0.6 is 11.6 Å². The van der Waals surface area contributed by atoms with Crippen LogP contribution in [-0.4, -0.2) is 38.8 Å². The first-order valence-corrected chi connectivity index (χ1v) is 11.2. The van der Waals surface area contributed by atoms with Gasteiger partial charge in [-0.05, 0) is 24.6 Å². The van der Waals surface area contributed by atoms with Crippen LogP contribution in [0.1, 0.15) is 32.2 Å². The number of fused-ring (bicyclic) bond motifs is 1. The van der Waals surface area contributed by atoms with Gasteiger partial charge in [0.2, 0.25) is 11.6 Å². The van der Waals surface area contributed by atoms with Crippen LogP contribution in [0.25, 0.3) is 10.9 Å². The van der Waals surface area contributed by atoms with Crippen molar-refractivity contribution in [3.8, 4) is 5.75 Å². The molecule has 2 atom stereocenters. The molecule has 0 bridgehead atoms. The van der Waals surface area contributed by atoms with Crippen LogP contribution in [0.2, 0.25) is 5.02 Å². The summed E-state index contributed by atoms with van der Waals surface area (Å²) in [6.07, 6.45) is -0.301. The molecule has 3 rings (SSSR count). The summed E-state index contributed by atoms with van der Waals surface area (Å²) >= 11 is 5.95. The SMILES string of the molecule is CC[C@@H](C(=O)C[C@@H](CC(=O)O)C(=O)COc1c(F)c(F)cc(F)c1F)n1cnc2ccc(Cl)cc2c1=O. The van der Waals surface area contributed by atoms with E-state index in [-0.39, 0.29) is 22.9 Å². The average Bonchev–Trinajstić information content (AvgIpc) is 2.84. The van der Waals surface area contributed by atoms with E-state index in [4.69, 9.17) is 11.6 Å². The fourth-order valence-corrected chi connectivity index (χ4v) is 3.91. The molecule has 0 fully saturated rings. The smallest absolute Gasteiger partial charge is 0.304 e. The Labute approximate surface area is 211 Å². The Morgan fingerprint density at radius 2 is 1.70 bits per heavy atom. The van der Waals surface area contributed by atoms with Gasteiger partial charge in [0.15, 0.2) is 29.0 Å². The van der Waals surface area contributed by atoms with Crippen molar-refractivity contribution in [3.63, 3.8) is 0 Å². The first kappa shape index (κ1) is 27.8. The highest BCUT2D eigenvalue weighted by molar-refractivity contribution is 6.31. The predicted molar refractivity (Wildman–Crippen MR) is 122 cm³/mol. The number of Topliss-reactive ketones (excluding diaryl/α,β-unsaturated/α-hetero) is 2. The quantitative estimate of drug-likeness (QED) is 0.284. The predicted octanol–water partition coefficient (Wildman–Crippen LogP) is 4.26. The molecule has 13 heteroatoms. The van der Waals surface area contributed by atoms with Crippen LogP contribution in [0.5, 0.6) is 5.75 Å². The van der Waals surface area contributed by atoms with Gasteiger partial charge in [-0.2, -0.15) is 8.78 Å². The second-order valence-electron chi connectivity index (χ2n) is 8.06. The summed E-state index contributed by atoms with van der Waals surface area (Å²) in [7, 11) is 0. The molecule has 1 aromatic heterocycles. The maximum atomic E-state index is 13.8. The molecule has 1 heterocycles. The highest BCUT2D eigenvalue weighted by Crippen LogP contribution is 2.27. The van der Waals surface area contributed by atoms with Crippen LogP contribution < -0.4 is 10.3 Å². The summed E-state index contributed by atoms with van der Waals surface area (Å²) < 4.78 is 60.1. The standard InChI is InChI=1S/C24H19ClF4N2O6/c1-2-17(31-10-30-16-4-3-12(25)7-13(16)24(31)36)18(32)5-11(6-20(34)35)19(33)9-37-23-21(28)14(26)8-15(27)22(23)29/h3-4,7-8,10-11,17H,2,5-6,9H2,1H3,(H,34,35)/t11-,17-/m0/s1. The van der Waals surface area contributed by atoms with E-state index in [1.165, 1.54) is 18.2 Å². The van der Waals surface area contributed by atoms with Crippen molar-refractivity contribution in [2.45, 2.75) is 32.2 Å². The summed E-state index contributed by atoms with van der Waals surface area (Å²) in [5.41, 5.74) is -0.256. The molecular formula is C24H19ClF4N2O6. The Kier molecular flexibility index (Phi) is 8.64. The van der Waals surface area contributed by atoms with Crippen LogP contribution in [0, 0.1) is 29.2 Å². The number of nitrogens with zero attached hydrogens (tertiary/aromatic N) is 2. The minimum absolute atomic E-state index is 0.0479. The van der Waals surface area contributed by atoms with Crippen molar-refractivity contribution < 1.29 is 41.8 Å². The molecule has 0 saturated heterocycles. The lowest BCUT2D eigenvalue weighted by Crippen LogP contribution is -2.33. The Morgan fingerprint density at radius 1 is 1.05 bits per heavy atom. The molecule has 0 aliphatic heterocycles. The molecule has 0 radical (unpaired) electrons. The van der Waals surface area contributed by atoms with Gasteiger partial charge >= 0.3 is 5.97 Å². The van der Waals surface area contributed by atoms with Crippen molar-refractivity contribution in [3.05, 3.63) is 69.2 Å². The lowest BCUT2D eigenvalue weighted by atomic mass is 9.91. The van der Waals surface area contributed by atoms with Crippen molar-refractivity contribution in [2.75, 3.05) is 6.61 Å². The lowest BCUT2D eigenvalue weighted by molar-refractivity contribution is -0.142. The first-order chi connectivity index (χ1) is 17.4. The molecule has 0 aliphatic rings. The van der Waals surface area contributed by atoms with Gasteiger partial charge < -0.3 is 9.84 Å². The van der Waals surface area contributed by atoms with E-state index in [0.717, 1.165) is 10.9 Å². The molecule has 0 unspecified atom stereocenters. The maximum Gasteiger partial charge on any atom is 0.304 e. The monoisotopic (exact) mass is 542 g/mol. The van der Waals surface area contributed by atoms with Crippen LogP contribution in [-0.2, 0) is 14.4 Å². The molecule has 8 nitrogen and oxygen atoms in total. The highest BCUT2D eigenvalue weighted by atomic mass is 35.5. The van der Waals surface area contributed by atoms with Gasteiger partial charge in [-0.25, -0.2) is 13.8 Å². The molecular weight excluding hydrogens is 524 g/mol. The Morgan fingerprint density at radius 3 is 2.30 bits per heavy atom. The molecule has 0 aliphatic carbocycles. The molecule has 1 N–H and O–H groups in total. The zero-order valence-corrected chi connectivity index (χ0v) is 19.9. The number of benzene rings is 2. The van der Waals surface area contributed by atoms with E-state index in [1.54, 1.807) is 6.92 Å². The van der Waals surface area contributed by atoms with Gasteiger partial charge in [-0.1, -0.05) is 18.5 Å². The molecule has 0 saturated carbocycles. The zero-order chi connectivity index (χ0) is 27.4. The van der Waals surface area contributed by atoms with E-state index in [9.17, 15) is 41.8 Å². The largest absolute Gasteiger partial charge is 0.481 e. The topological polar surface area (TPSA) is 116 Å². The molecule has 3 aromatic rings. The summed E-state index contributed by atoms with van der Waals surface area (Å²) in [5.74, 6) is -13.5. The summed E-state index contributed by atoms with van der Waals surface area (Å²) in [6.45, 7) is 0.410. The summed E-state index contributed by atoms with van der Waals surface area (Å²) in [5, 5.41) is 9.60. The molecule has 2 aromatic carbocycles. The molecule has 196 valence electrons. The van der Waals surface area contributed by atoms with E-state index in [1.807, 2.05) is 0 Å². The molecule has 37 heavy (non-hydrogen) atoms. The number of aliphatic carboxylic acids is 1. The number of ketones is 2. The normalized spacial score (nSPS) is 12.8. The maximum absolute atomic E-state index is 13.8. The number of carbonyl (C=O) groups is 3.